The molecule has 2 aliphatic carbocycles. The van der Waals surface area contributed by atoms with Crippen LogP contribution in [0.4, 0.5) is 8.78 Å². The largest absolute Gasteiger partial charge is 0.303 e. The summed E-state index contributed by atoms with van der Waals surface area (Å²) in [5, 5.41) is 0. The monoisotopic (exact) mass is 320 g/mol. The van der Waals surface area contributed by atoms with Crippen LogP contribution >= 0.6 is 0 Å². The second kappa shape index (κ2) is 7.11. The van der Waals surface area contributed by atoms with Crippen molar-refractivity contribution in [2.24, 2.45) is 17.8 Å². The predicted molar refractivity (Wildman–Crippen MR) is 87.3 cm³/mol. The second-order valence-corrected chi connectivity index (χ2v) is 7.52. The van der Waals surface area contributed by atoms with Crippen LogP contribution in [-0.2, 0) is 4.79 Å². The highest BCUT2D eigenvalue weighted by Gasteiger charge is 2.32. The molecule has 0 aromatic heterocycles. The molecular formula is C20H26F2O. The van der Waals surface area contributed by atoms with E-state index in [1.807, 2.05) is 0 Å². The highest BCUT2D eigenvalue weighted by Crippen LogP contribution is 2.44. The average Bonchev–Trinajstić information content (AvgIpc) is 2.60. The Balaban J connectivity index is 1.59. The molecule has 2 saturated carbocycles. The zero-order valence-corrected chi connectivity index (χ0v) is 13.9. The molecule has 23 heavy (non-hydrogen) atoms. The van der Waals surface area contributed by atoms with Crippen LogP contribution in [0.1, 0.15) is 68.4 Å². The summed E-state index contributed by atoms with van der Waals surface area (Å²) in [6.07, 6.45) is 9.62. The van der Waals surface area contributed by atoms with E-state index in [4.69, 9.17) is 0 Å². The van der Waals surface area contributed by atoms with Gasteiger partial charge in [-0.05, 0) is 87.2 Å². The topological polar surface area (TPSA) is 17.1 Å². The van der Waals surface area contributed by atoms with Crippen molar-refractivity contribution in [2.45, 2.75) is 64.2 Å². The normalized spacial score (nSPS) is 31.8. The molecule has 0 amide bonds. The molecule has 126 valence electrons. The summed E-state index contributed by atoms with van der Waals surface area (Å²) in [5.41, 5.74) is 0.947. The Morgan fingerprint density at radius 2 is 1.43 bits per heavy atom. The Hall–Kier alpha value is -1.25. The summed E-state index contributed by atoms with van der Waals surface area (Å²) in [6.45, 7) is 1.61. The number of hydrogen-bond acceptors (Lipinski definition) is 1. The summed E-state index contributed by atoms with van der Waals surface area (Å²) in [6, 6.07) is 3.47. The Kier molecular flexibility index (Phi) is 5.13. The summed E-state index contributed by atoms with van der Waals surface area (Å²) < 4.78 is 28.0. The number of benzene rings is 1. The molecule has 3 rings (SSSR count). The van der Waals surface area contributed by atoms with E-state index < -0.39 is 11.6 Å². The average molecular weight is 320 g/mol. The molecule has 0 heterocycles. The van der Waals surface area contributed by atoms with E-state index in [2.05, 4.69) is 0 Å². The van der Waals surface area contributed by atoms with Crippen LogP contribution in [0.15, 0.2) is 12.1 Å². The Bertz CT molecular complexity index is 553. The van der Waals surface area contributed by atoms with Gasteiger partial charge in [-0.15, -0.1) is 0 Å². The smallest absolute Gasteiger partial charge is 0.162 e. The quantitative estimate of drug-likeness (QED) is 0.667. The minimum atomic E-state index is -0.684. The molecular weight excluding hydrogens is 294 g/mol. The molecule has 2 fully saturated rings. The summed E-state index contributed by atoms with van der Waals surface area (Å²) >= 11 is 0. The molecule has 0 bridgehead atoms. The predicted octanol–water partition coefficient (Wildman–Crippen LogP) is 5.55. The minimum Gasteiger partial charge on any atom is -0.303 e. The Morgan fingerprint density at radius 1 is 0.870 bits per heavy atom. The van der Waals surface area contributed by atoms with Crippen molar-refractivity contribution >= 4 is 6.29 Å². The lowest BCUT2D eigenvalue weighted by atomic mass is 9.68. The number of rotatable bonds is 3. The van der Waals surface area contributed by atoms with Crippen molar-refractivity contribution in [3.05, 3.63) is 34.9 Å². The first-order chi connectivity index (χ1) is 11.1. The van der Waals surface area contributed by atoms with Gasteiger partial charge < -0.3 is 4.79 Å². The molecule has 3 heteroatoms. The zero-order chi connectivity index (χ0) is 16.4. The van der Waals surface area contributed by atoms with Gasteiger partial charge in [-0.3, -0.25) is 0 Å². The molecule has 0 spiro atoms. The van der Waals surface area contributed by atoms with Crippen molar-refractivity contribution in [3.8, 4) is 0 Å². The van der Waals surface area contributed by atoms with Crippen LogP contribution in [0, 0.1) is 36.3 Å². The molecule has 1 aromatic carbocycles. The minimum absolute atomic E-state index is 0.160. The second-order valence-electron chi connectivity index (χ2n) is 7.52. The summed E-state index contributed by atoms with van der Waals surface area (Å²) in [7, 11) is 0. The van der Waals surface area contributed by atoms with E-state index in [-0.39, 0.29) is 11.8 Å². The van der Waals surface area contributed by atoms with Gasteiger partial charge in [-0.25, -0.2) is 8.78 Å². The maximum atomic E-state index is 14.2. The van der Waals surface area contributed by atoms with E-state index in [9.17, 15) is 13.6 Å². The molecule has 0 atom stereocenters. The number of aldehydes is 1. The lowest BCUT2D eigenvalue weighted by molar-refractivity contribution is -0.112. The van der Waals surface area contributed by atoms with E-state index >= 15 is 0 Å². The zero-order valence-electron chi connectivity index (χ0n) is 13.9. The van der Waals surface area contributed by atoms with Crippen molar-refractivity contribution in [1.82, 2.24) is 0 Å². The van der Waals surface area contributed by atoms with E-state index in [0.717, 1.165) is 63.6 Å². The van der Waals surface area contributed by atoms with Gasteiger partial charge in [-0.1, -0.05) is 12.1 Å². The number of carbonyl (C=O) groups excluding carboxylic acids is 1. The Labute approximate surface area is 137 Å². The van der Waals surface area contributed by atoms with Crippen LogP contribution in [0.3, 0.4) is 0 Å². The first-order valence-electron chi connectivity index (χ1n) is 9.00. The first-order valence-corrected chi connectivity index (χ1v) is 9.00. The highest BCUT2D eigenvalue weighted by molar-refractivity contribution is 5.53. The van der Waals surface area contributed by atoms with Crippen LogP contribution in [0.25, 0.3) is 0 Å². The lowest BCUT2D eigenvalue weighted by Crippen LogP contribution is -2.26. The van der Waals surface area contributed by atoms with Crippen molar-refractivity contribution in [2.75, 3.05) is 0 Å². The maximum Gasteiger partial charge on any atom is 0.162 e. The fourth-order valence-electron chi connectivity index (χ4n) is 4.63. The van der Waals surface area contributed by atoms with Crippen LogP contribution in [0.5, 0.6) is 0 Å². The third-order valence-corrected chi connectivity index (χ3v) is 6.19. The van der Waals surface area contributed by atoms with Crippen molar-refractivity contribution in [3.63, 3.8) is 0 Å². The summed E-state index contributed by atoms with van der Waals surface area (Å²) in [5.74, 6) is 0.542. The summed E-state index contributed by atoms with van der Waals surface area (Å²) in [4.78, 5) is 10.9. The van der Waals surface area contributed by atoms with Crippen LogP contribution in [-0.4, -0.2) is 6.29 Å². The van der Waals surface area contributed by atoms with Gasteiger partial charge in [0.25, 0.3) is 0 Å². The molecule has 0 N–H and O–H groups in total. The number of hydrogen-bond donors (Lipinski definition) is 0. The van der Waals surface area contributed by atoms with Gasteiger partial charge in [0.1, 0.15) is 6.29 Å². The molecule has 0 aliphatic heterocycles. The highest BCUT2D eigenvalue weighted by atomic mass is 19.2. The first kappa shape index (κ1) is 16.6. The maximum absolute atomic E-state index is 14.2. The molecule has 0 unspecified atom stereocenters. The number of halogens is 2. The molecule has 1 aromatic rings. The molecule has 1 nitrogen and oxygen atoms in total. The van der Waals surface area contributed by atoms with Crippen LogP contribution in [0.2, 0.25) is 0 Å². The standard InChI is InChI=1S/C20H26F2O/c1-13-2-11-18(20(22)19(13)21)17-9-7-16(8-10-17)15-5-3-14(12-23)4-6-15/h2,11-12,14-17H,3-10H2,1H3. The number of aryl methyl sites for hydroxylation is 1. The van der Waals surface area contributed by atoms with Gasteiger partial charge in [0.15, 0.2) is 11.6 Å². The van der Waals surface area contributed by atoms with Gasteiger partial charge in [0, 0.05) is 5.92 Å². The molecule has 2 aliphatic rings. The van der Waals surface area contributed by atoms with E-state index in [0.29, 0.717) is 17.0 Å². The van der Waals surface area contributed by atoms with Gasteiger partial charge >= 0.3 is 0 Å². The van der Waals surface area contributed by atoms with Gasteiger partial charge in [0.05, 0.1) is 0 Å². The van der Waals surface area contributed by atoms with Gasteiger partial charge in [0.2, 0.25) is 0 Å². The Morgan fingerprint density at radius 3 is 2.00 bits per heavy atom. The number of carbonyl (C=O) groups is 1. The van der Waals surface area contributed by atoms with E-state index in [1.165, 1.54) is 0 Å². The third-order valence-electron chi connectivity index (χ3n) is 6.19. The van der Waals surface area contributed by atoms with Crippen molar-refractivity contribution in [1.29, 1.82) is 0 Å². The molecule has 0 saturated heterocycles. The van der Waals surface area contributed by atoms with Crippen molar-refractivity contribution < 1.29 is 13.6 Å². The fourth-order valence-corrected chi connectivity index (χ4v) is 4.63. The lowest BCUT2D eigenvalue weighted by Gasteiger charge is -2.37. The molecule has 0 radical (unpaired) electrons. The third kappa shape index (κ3) is 3.49. The van der Waals surface area contributed by atoms with Gasteiger partial charge in [-0.2, -0.15) is 0 Å². The van der Waals surface area contributed by atoms with Crippen LogP contribution < -0.4 is 0 Å². The fraction of sp³-hybridized carbons (Fsp3) is 0.650. The van der Waals surface area contributed by atoms with E-state index in [1.54, 1.807) is 19.1 Å². The SMILES string of the molecule is Cc1ccc(C2CCC(C3CCC(C=O)CC3)CC2)c(F)c1F.